The Morgan fingerprint density at radius 3 is 2.56 bits per heavy atom. The fourth-order valence-corrected chi connectivity index (χ4v) is 4.12. The number of nitrogens with two attached hydrogens (primary N) is 1. The molecule has 136 valence electrons. The molecule has 12 heteroatoms. The Bertz CT molecular complexity index is 998. The fraction of sp³-hybridized carbons (Fsp3) is 0.385. The molecule has 0 bridgehead atoms. The van der Waals surface area contributed by atoms with E-state index in [1.807, 2.05) is 0 Å². The predicted octanol–water partition coefficient (Wildman–Crippen LogP) is 1.53. The SMILES string of the molecule is CN1C(N)=N[C@](C)(c2cc3[nH]c(C(F)(F)F)nc3cc2F)CS1(=O)=O. The standard InChI is InChI=1S/C13H13F4N5O2S/c1-12(5-25(23,24)22(2)11(18)21-12)6-3-8-9(4-7(6)14)20-10(19-8)13(15,16)17/h3-4H,5H2,1-2H3,(H2,18,21)(H,19,20)/t12-/m0/s1. The topological polar surface area (TPSA) is 104 Å². The maximum Gasteiger partial charge on any atom is 0.449 e. The van der Waals surface area contributed by atoms with Gasteiger partial charge in [0.25, 0.3) is 0 Å². The zero-order valence-electron chi connectivity index (χ0n) is 13.0. The third-order valence-electron chi connectivity index (χ3n) is 3.98. The van der Waals surface area contributed by atoms with Gasteiger partial charge in [-0.2, -0.15) is 13.2 Å². The third-order valence-corrected chi connectivity index (χ3v) is 5.93. The number of aromatic nitrogens is 2. The van der Waals surface area contributed by atoms with E-state index in [-0.39, 0.29) is 22.6 Å². The normalized spacial score (nSPS) is 23.8. The van der Waals surface area contributed by atoms with Crippen LogP contribution in [0.15, 0.2) is 17.1 Å². The number of hydrogen-bond acceptors (Lipinski definition) is 5. The van der Waals surface area contributed by atoms with Crippen molar-refractivity contribution in [1.29, 1.82) is 0 Å². The van der Waals surface area contributed by atoms with E-state index < -0.39 is 39.1 Å². The molecule has 2 heterocycles. The molecule has 0 aliphatic carbocycles. The number of aromatic amines is 1. The van der Waals surface area contributed by atoms with Crippen molar-refractivity contribution in [2.24, 2.45) is 10.7 Å². The summed E-state index contributed by atoms with van der Waals surface area (Å²) in [6.45, 7) is 1.34. The lowest BCUT2D eigenvalue weighted by atomic mass is 9.93. The molecule has 0 radical (unpaired) electrons. The number of fused-ring (bicyclic) bond motifs is 1. The zero-order valence-corrected chi connectivity index (χ0v) is 13.8. The Balaban J connectivity index is 2.20. The smallest absolute Gasteiger partial charge is 0.369 e. The van der Waals surface area contributed by atoms with Gasteiger partial charge < -0.3 is 10.7 Å². The van der Waals surface area contributed by atoms with Crippen LogP contribution in [0.2, 0.25) is 0 Å². The van der Waals surface area contributed by atoms with Crippen molar-refractivity contribution in [3.63, 3.8) is 0 Å². The molecule has 0 fully saturated rings. The quantitative estimate of drug-likeness (QED) is 0.733. The van der Waals surface area contributed by atoms with Crippen LogP contribution in [0.4, 0.5) is 17.6 Å². The van der Waals surface area contributed by atoms with Gasteiger partial charge in [-0.3, -0.25) is 0 Å². The summed E-state index contributed by atoms with van der Waals surface area (Å²) in [6, 6.07) is 1.88. The summed E-state index contributed by atoms with van der Waals surface area (Å²) >= 11 is 0. The van der Waals surface area contributed by atoms with E-state index >= 15 is 0 Å². The molecule has 0 spiro atoms. The second-order valence-electron chi connectivity index (χ2n) is 5.90. The van der Waals surface area contributed by atoms with E-state index in [4.69, 9.17) is 5.73 Å². The summed E-state index contributed by atoms with van der Waals surface area (Å²) in [4.78, 5) is 9.39. The van der Waals surface area contributed by atoms with Crippen LogP contribution in [-0.4, -0.2) is 41.5 Å². The van der Waals surface area contributed by atoms with Crippen molar-refractivity contribution >= 4 is 27.0 Å². The van der Waals surface area contributed by atoms with Crippen LogP contribution >= 0.6 is 0 Å². The molecule has 1 atom stereocenters. The predicted molar refractivity (Wildman–Crippen MR) is 81.6 cm³/mol. The summed E-state index contributed by atoms with van der Waals surface area (Å²) in [6.07, 6.45) is -4.72. The number of alkyl halides is 3. The Hall–Kier alpha value is -2.37. The summed E-state index contributed by atoms with van der Waals surface area (Å²) in [7, 11) is -2.64. The van der Waals surface area contributed by atoms with Crippen molar-refractivity contribution in [2.45, 2.75) is 18.6 Å². The number of halogens is 4. The number of guanidine groups is 1. The minimum absolute atomic E-state index is 0.0879. The lowest BCUT2D eigenvalue weighted by Gasteiger charge is -2.34. The van der Waals surface area contributed by atoms with E-state index in [1.54, 1.807) is 0 Å². The monoisotopic (exact) mass is 379 g/mol. The van der Waals surface area contributed by atoms with Crippen molar-refractivity contribution < 1.29 is 26.0 Å². The van der Waals surface area contributed by atoms with Crippen LogP contribution < -0.4 is 5.73 Å². The van der Waals surface area contributed by atoms with Crippen molar-refractivity contribution in [3.05, 3.63) is 29.3 Å². The van der Waals surface area contributed by atoms with Crippen molar-refractivity contribution in [2.75, 3.05) is 12.8 Å². The first-order chi connectivity index (χ1) is 11.3. The molecule has 1 aliphatic heterocycles. The summed E-state index contributed by atoms with van der Waals surface area (Å²) in [5.74, 6) is -3.12. The highest BCUT2D eigenvalue weighted by atomic mass is 32.2. The first-order valence-corrected chi connectivity index (χ1v) is 8.53. The molecule has 1 aromatic heterocycles. The van der Waals surface area contributed by atoms with Gasteiger partial charge in [0.2, 0.25) is 21.8 Å². The molecule has 0 amide bonds. The lowest BCUT2D eigenvalue weighted by Crippen LogP contribution is -2.50. The highest BCUT2D eigenvalue weighted by Gasteiger charge is 2.42. The number of H-pyrrole nitrogens is 1. The minimum Gasteiger partial charge on any atom is -0.369 e. The molecule has 0 saturated heterocycles. The molecule has 0 saturated carbocycles. The van der Waals surface area contributed by atoms with Gasteiger partial charge in [0.15, 0.2) is 0 Å². The van der Waals surface area contributed by atoms with Gasteiger partial charge >= 0.3 is 6.18 Å². The molecular formula is C13H13F4N5O2S. The number of nitrogens with zero attached hydrogens (tertiary/aromatic N) is 3. The van der Waals surface area contributed by atoms with Gasteiger partial charge in [-0.1, -0.05) is 0 Å². The van der Waals surface area contributed by atoms with Gasteiger partial charge in [-0.05, 0) is 13.0 Å². The Morgan fingerprint density at radius 2 is 2.00 bits per heavy atom. The minimum atomic E-state index is -4.72. The molecule has 1 aromatic carbocycles. The highest BCUT2D eigenvalue weighted by Crippen LogP contribution is 2.36. The Kier molecular flexibility index (Phi) is 3.54. The number of imidazole rings is 1. The average Bonchev–Trinajstić information content (AvgIpc) is 2.86. The highest BCUT2D eigenvalue weighted by molar-refractivity contribution is 7.89. The third kappa shape index (κ3) is 2.79. The average molecular weight is 379 g/mol. The van der Waals surface area contributed by atoms with Gasteiger partial charge in [0, 0.05) is 18.7 Å². The number of benzene rings is 1. The zero-order chi connectivity index (χ0) is 18.8. The summed E-state index contributed by atoms with van der Waals surface area (Å²) < 4.78 is 77.8. The molecule has 1 aliphatic rings. The first kappa shape index (κ1) is 17.5. The second kappa shape index (κ2) is 5.07. The molecule has 3 rings (SSSR count). The van der Waals surface area contributed by atoms with Gasteiger partial charge in [0.1, 0.15) is 11.4 Å². The number of aliphatic imine (C=N–C) groups is 1. The van der Waals surface area contributed by atoms with Crippen LogP contribution in [0, 0.1) is 5.82 Å². The van der Waals surface area contributed by atoms with Crippen LogP contribution in [0.1, 0.15) is 18.3 Å². The van der Waals surface area contributed by atoms with E-state index in [0.717, 1.165) is 16.4 Å². The van der Waals surface area contributed by atoms with Crippen LogP contribution in [0.5, 0.6) is 0 Å². The number of sulfonamides is 1. The molecular weight excluding hydrogens is 366 g/mol. The number of rotatable bonds is 1. The van der Waals surface area contributed by atoms with Crippen LogP contribution in [0.3, 0.4) is 0 Å². The Morgan fingerprint density at radius 1 is 1.36 bits per heavy atom. The van der Waals surface area contributed by atoms with E-state index in [1.165, 1.54) is 14.0 Å². The molecule has 25 heavy (non-hydrogen) atoms. The lowest BCUT2D eigenvalue weighted by molar-refractivity contribution is -0.144. The largest absolute Gasteiger partial charge is 0.449 e. The van der Waals surface area contributed by atoms with Crippen molar-refractivity contribution in [3.8, 4) is 0 Å². The van der Waals surface area contributed by atoms with E-state index in [2.05, 4.69) is 15.0 Å². The number of hydrogen-bond donors (Lipinski definition) is 2. The van der Waals surface area contributed by atoms with Crippen LogP contribution in [-0.2, 0) is 21.7 Å². The maximum absolute atomic E-state index is 14.5. The van der Waals surface area contributed by atoms with Gasteiger partial charge in [0.05, 0.1) is 16.8 Å². The maximum atomic E-state index is 14.5. The first-order valence-electron chi connectivity index (χ1n) is 6.92. The van der Waals surface area contributed by atoms with Gasteiger partial charge in [-0.15, -0.1) is 0 Å². The molecule has 0 unspecified atom stereocenters. The van der Waals surface area contributed by atoms with Crippen molar-refractivity contribution in [1.82, 2.24) is 14.3 Å². The Labute approximate surface area is 139 Å². The summed E-state index contributed by atoms with van der Waals surface area (Å²) in [5, 5.41) is 0. The molecule has 7 nitrogen and oxygen atoms in total. The van der Waals surface area contributed by atoms with Crippen LogP contribution in [0.25, 0.3) is 11.0 Å². The second-order valence-corrected chi connectivity index (χ2v) is 7.90. The molecule has 3 N–H and O–H groups in total. The summed E-state index contributed by atoms with van der Waals surface area (Å²) in [5.41, 5.74) is 3.49. The fourth-order valence-electron chi connectivity index (χ4n) is 2.67. The number of nitrogens with one attached hydrogen (secondary N) is 1. The van der Waals surface area contributed by atoms with E-state index in [9.17, 15) is 26.0 Å². The van der Waals surface area contributed by atoms with Gasteiger partial charge in [-0.25, -0.2) is 27.1 Å². The molecule has 2 aromatic rings. The van der Waals surface area contributed by atoms with E-state index in [0.29, 0.717) is 0 Å².